The Morgan fingerprint density at radius 2 is 1.85 bits per heavy atom. The number of nitrogens with zero attached hydrogens (tertiary/aromatic N) is 2. The number of carbonyl (C=O) groups is 1. The summed E-state index contributed by atoms with van der Waals surface area (Å²) < 4.78 is 23.3. The van der Waals surface area contributed by atoms with Gasteiger partial charge in [0.25, 0.3) is 5.69 Å². The molecule has 8 nitrogen and oxygen atoms in total. The summed E-state index contributed by atoms with van der Waals surface area (Å²) >= 11 is 0. The quantitative estimate of drug-likeness (QED) is 0.599. The number of hydrogen-bond donors (Lipinski definition) is 1. The second kappa shape index (κ2) is 7.75. The fourth-order valence-corrected chi connectivity index (χ4v) is 3.20. The van der Waals surface area contributed by atoms with E-state index in [1.807, 2.05) is 32.0 Å². The molecule has 0 aliphatic carbocycles. The molecule has 144 valence electrons. The first-order valence-corrected chi connectivity index (χ1v) is 9.95. The van der Waals surface area contributed by atoms with Crippen molar-refractivity contribution in [2.45, 2.75) is 18.7 Å². The van der Waals surface area contributed by atoms with Gasteiger partial charge in [0.1, 0.15) is 5.69 Å². The number of amides is 1. The molecule has 1 amide bonds. The number of benzene rings is 2. The van der Waals surface area contributed by atoms with Crippen LogP contribution in [0.5, 0.6) is 0 Å². The highest BCUT2D eigenvalue weighted by Crippen LogP contribution is 2.30. The fraction of sp³-hybridized carbons (Fsp3) is 0.278. The maximum Gasteiger partial charge on any atom is 0.293 e. The fourth-order valence-electron chi connectivity index (χ4n) is 2.56. The first-order valence-electron chi connectivity index (χ1n) is 8.06. The summed E-state index contributed by atoms with van der Waals surface area (Å²) in [5.41, 5.74) is 2.36. The minimum Gasteiger partial charge on any atom is -0.360 e. The minimum atomic E-state index is -3.58. The first-order chi connectivity index (χ1) is 12.5. The molecule has 0 aliphatic heterocycles. The zero-order chi connectivity index (χ0) is 20.4. The zero-order valence-corrected chi connectivity index (χ0v) is 16.3. The van der Waals surface area contributed by atoms with Gasteiger partial charge >= 0.3 is 0 Å². The molecule has 0 radical (unpaired) electrons. The number of nitro benzene ring substituents is 1. The summed E-state index contributed by atoms with van der Waals surface area (Å²) in [5.74, 6) is -0.340. The van der Waals surface area contributed by atoms with Crippen LogP contribution in [0.2, 0.25) is 0 Å². The van der Waals surface area contributed by atoms with Gasteiger partial charge in [-0.1, -0.05) is 12.1 Å². The lowest BCUT2D eigenvalue weighted by Crippen LogP contribution is -2.30. The van der Waals surface area contributed by atoms with Gasteiger partial charge in [-0.15, -0.1) is 0 Å². The molecule has 0 saturated carbocycles. The van der Waals surface area contributed by atoms with Crippen LogP contribution in [0.1, 0.15) is 11.1 Å². The molecule has 2 rings (SSSR count). The molecule has 0 aromatic heterocycles. The molecular formula is C18H21N3O5S. The lowest BCUT2D eigenvalue weighted by molar-refractivity contribution is -0.384. The number of nitrogens with one attached hydrogen (secondary N) is 1. The van der Waals surface area contributed by atoms with Crippen LogP contribution < -0.4 is 10.2 Å². The van der Waals surface area contributed by atoms with Crippen LogP contribution in [0.4, 0.5) is 17.1 Å². The SMILES string of the molecule is Cc1ccc(C)c(NC(=O)CN(C)c2ccc(S(C)(=O)=O)cc2[N+](=O)[O-])c1. The van der Waals surface area contributed by atoms with Crippen molar-refractivity contribution in [3.63, 3.8) is 0 Å². The highest BCUT2D eigenvalue weighted by atomic mass is 32.2. The van der Waals surface area contributed by atoms with Gasteiger partial charge in [0, 0.05) is 25.1 Å². The molecule has 0 atom stereocenters. The second-order valence-electron chi connectivity index (χ2n) is 6.40. The lowest BCUT2D eigenvalue weighted by Gasteiger charge is -2.19. The Bertz CT molecular complexity index is 1000. The molecule has 0 aliphatic rings. The molecular weight excluding hydrogens is 370 g/mol. The molecule has 0 unspecified atom stereocenters. The Labute approximate surface area is 157 Å². The Kier molecular flexibility index (Phi) is 5.85. The number of sulfone groups is 1. The minimum absolute atomic E-state index is 0.132. The van der Waals surface area contributed by atoms with E-state index in [0.717, 1.165) is 23.4 Å². The van der Waals surface area contributed by atoms with Gasteiger partial charge in [-0.2, -0.15) is 0 Å². The van der Waals surface area contributed by atoms with Gasteiger partial charge in [-0.05, 0) is 43.2 Å². The zero-order valence-electron chi connectivity index (χ0n) is 15.5. The third-order valence-electron chi connectivity index (χ3n) is 4.03. The van der Waals surface area contributed by atoms with Gasteiger partial charge in [-0.3, -0.25) is 14.9 Å². The highest BCUT2D eigenvalue weighted by molar-refractivity contribution is 7.90. The van der Waals surface area contributed by atoms with Crippen LogP contribution in [0, 0.1) is 24.0 Å². The lowest BCUT2D eigenvalue weighted by atomic mass is 10.1. The first kappa shape index (κ1) is 20.4. The molecule has 0 saturated heterocycles. The number of hydrogen-bond acceptors (Lipinski definition) is 6. The van der Waals surface area contributed by atoms with Crippen molar-refractivity contribution in [1.82, 2.24) is 0 Å². The van der Waals surface area contributed by atoms with Crippen LogP contribution in [0.15, 0.2) is 41.3 Å². The molecule has 9 heteroatoms. The predicted octanol–water partition coefficient (Wildman–Crippen LogP) is 2.69. The van der Waals surface area contributed by atoms with E-state index >= 15 is 0 Å². The molecule has 2 aromatic rings. The van der Waals surface area contributed by atoms with Gasteiger partial charge in [0.2, 0.25) is 5.91 Å². The van der Waals surface area contributed by atoms with Crippen LogP contribution in [0.3, 0.4) is 0 Å². The van der Waals surface area contributed by atoms with Gasteiger partial charge in [0.15, 0.2) is 9.84 Å². The van der Waals surface area contributed by atoms with Crippen molar-refractivity contribution in [1.29, 1.82) is 0 Å². The molecule has 0 heterocycles. The number of likely N-dealkylation sites (N-methyl/N-ethyl adjacent to an activating group) is 1. The smallest absolute Gasteiger partial charge is 0.293 e. The largest absolute Gasteiger partial charge is 0.360 e. The monoisotopic (exact) mass is 391 g/mol. The van der Waals surface area contributed by atoms with Crippen LogP contribution in [0.25, 0.3) is 0 Å². The highest BCUT2D eigenvalue weighted by Gasteiger charge is 2.22. The van der Waals surface area contributed by atoms with Crippen molar-refractivity contribution < 1.29 is 18.1 Å². The average molecular weight is 391 g/mol. The maximum absolute atomic E-state index is 12.3. The number of nitro groups is 1. The van der Waals surface area contributed by atoms with Crippen molar-refractivity contribution in [2.24, 2.45) is 0 Å². The van der Waals surface area contributed by atoms with Gasteiger partial charge in [0.05, 0.1) is 16.4 Å². The topological polar surface area (TPSA) is 110 Å². The summed E-state index contributed by atoms with van der Waals surface area (Å²) in [6, 6.07) is 9.30. The molecule has 0 fully saturated rings. The molecule has 0 spiro atoms. The van der Waals surface area contributed by atoms with Crippen molar-refractivity contribution in [3.8, 4) is 0 Å². The van der Waals surface area contributed by atoms with Crippen molar-refractivity contribution >= 4 is 32.8 Å². The summed E-state index contributed by atoms with van der Waals surface area (Å²) in [4.78, 5) is 24.3. The Balaban J connectivity index is 2.24. The van der Waals surface area contributed by atoms with Gasteiger partial charge in [-0.25, -0.2) is 8.42 Å². The van der Waals surface area contributed by atoms with E-state index in [-0.39, 0.29) is 28.7 Å². The molecule has 2 aromatic carbocycles. The van der Waals surface area contributed by atoms with E-state index in [4.69, 9.17) is 0 Å². The van der Waals surface area contributed by atoms with E-state index in [9.17, 15) is 23.3 Å². The Morgan fingerprint density at radius 1 is 1.19 bits per heavy atom. The van der Waals surface area contributed by atoms with Crippen molar-refractivity contribution in [2.75, 3.05) is 30.1 Å². The molecule has 1 N–H and O–H groups in total. The average Bonchev–Trinajstić information content (AvgIpc) is 2.56. The molecule has 0 bridgehead atoms. The Morgan fingerprint density at radius 3 is 2.44 bits per heavy atom. The molecule has 27 heavy (non-hydrogen) atoms. The third kappa shape index (κ3) is 5.04. The summed E-state index contributed by atoms with van der Waals surface area (Å²) in [6.45, 7) is 3.65. The van der Waals surface area contributed by atoms with Crippen LogP contribution >= 0.6 is 0 Å². The van der Waals surface area contributed by atoms with Crippen molar-refractivity contribution in [3.05, 3.63) is 57.6 Å². The van der Waals surface area contributed by atoms with E-state index in [0.29, 0.717) is 5.69 Å². The standard InChI is InChI=1S/C18H21N3O5S/c1-12-5-6-13(2)15(9-12)19-18(22)11-20(3)16-8-7-14(27(4,25)26)10-17(16)21(23)24/h5-10H,11H2,1-4H3,(H,19,22). The number of rotatable bonds is 6. The van der Waals surface area contributed by atoms with E-state index in [1.165, 1.54) is 24.1 Å². The number of carbonyl (C=O) groups excluding carboxylic acids is 1. The third-order valence-corrected chi connectivity index (χ3v) is 5.14. The Hall–Kier alpha value is -2.94. The summed E-state index contributed by atoms with van der Waals surface area (Å²) in [5, 5.41) is 14.1. The van der Waals surface area contributed by atoms with E-state index < -0.39 is 14.8 Å². The van der Waals surface area contributed by atoms with E-state index in [1.54, 1.807) is 0 Å². The number of aryl methyl sites for hydroxylation is 2. The summed E-state index contributed by atoms with van der Waals surface area (Å²) in [7, 11) is -2.04. The summed E-state index contributed by atoms with van der Waals surface area (Å²) in [6.07, 6.45) is 0.979. The predicted molar refractivity (Wildman–Crippen MR) is 104 cm³/mol. The van der Waals surface area contributed by atoms with Gasteiger partial charge < -0.3 is 10.2 Å². The van der Waals surface area contributed by atoms with E-state index in [2.05, 4.69) is 5.32 Å². The normalized spacial score (nSPS) is 11.1. The number of anilines is 2. The maximum atomic E-state index is 12.3. The van der Waals surface area contributed by atoms with Crippen LogP contribution in [-0.2, 0) is 14.6 Å². The van der Waals surface area contributed by atoms with Crippen LogP contribution in [-0.4, -0.2) is 39.1 Å². The second-order valence-corrected chi connectivity index (χ2v) is 8.42.